The first-order chi connectivity index (χ1) is 15.0. The number of hydrogen-bond acceptors (Lipinski definition) is 6. The van der Waals surface area contributed by atoms with Crippen molar-refractivity contribution in [2.75, 3.05) is 17.9 Å². The van der Waals surface area contributed by atoms with E-state index in [0.29, 0.717) is 21.6 Å². The molecule has 2 atom stereocenters. The molecule has 0 unspecified atom stereocenters. The molecule has 0 aliphatic carbocycles. The van der Waals surface area contributed by atoms with Crippen LogP contribution in [0.15, 0.2) is 47.6 Å². The molecule has 1 aliphatic rings. The van der Waals surface area contributed by atoms with Crippen molar-refractivity contribution in [3.05, 3.63) is 64.7 Å². The Labute approximate surface area is 188 Å². The molecule has 3 aromatic rings. The molecule has 31 heavy (non-hydrogen) atoms. The zero-order valence-electron chi connectivity index (χ0n) is 16.9. The maximum absolute atomic E-state index is 13.2. The third kappa shape index (κ3) is 4.47. The molecule has 1 aromatic heterocycles. The minimum absolute atomic E-state index is 0.243. The van der Waals surface area contributed by atoms with E-state index in [2.05, 4.69) is 27.9 Å². The molecule has 162 valence electrons. The van der Waals surface area contributed by atoms with E-state index in [-0.39, 0.29) is 11.7 Å². The van der Waals surface area contributed by atoms with Crippen LogP contribution in [0.25, 0.3) is 0 Å². The zero-order valence-corrected chi connectivity index (χ0v) is 18.5. The van der Waals surface area contributed by atoms with E-state index in [1.165, 1.54) is 36.0 Å². The normalized spacial score (nSPS) is 17.5. The summed E-state index contributed by atoms with van der Waals surface area (Å²) in [6.45, 7) is 2.07. The van der Waals surface area contributed by atoms with Crippen LogP contribution in [-0.2, 0) is 11.2 Å². The third-order valence-corrected chi connectivity index (χ3v) is 6.39. The number of carbonyl (C=O) groups excluding carboxylic acids is 1. The molecule has 0 spiro atoms. The summed E-state index contributed by atoms with van der Waals surface area (Å²) in [6.07, 6.45) is 1.67. The summed E-state index contributed by atoms with van der Waals surface area (Å²) in [6, 6.07) is 10.7. The number of aryl methyl sites for hydroxylation is 1. The standard InChI is InChI=1S/C21H21ClFN5O2S/c1-3-4-17-25-26-21-28(17)27-18(12-5-10-16(30-2)15(22)11-12)19(31-21)20(29)24-14-8-6-13(23)7-9-14/h5-11,18-19,27H,3-4H2,1-2H3,(H,24,29)/t18-,19+/m1/s1. The summed E-state index contributed by atoms with van der Waals surface area (Å²) in [5, 5.41) is 11.8. The van der Waals surface area contributed by atoms with Gasteiger partial charge in [-0.15, -0.1) is 10.2 Å². The Kier molecular flexibility index (Phi) is 6.33. The molecule has 2 aromatic carbocycles. The summed E-state index contributed by atoms with van der Waals surface area (Å²) < 4.78 is 20.3. The molecular weight excluding hydrogens is 441 g/mol. The Balaban J connectivity index is 1.68. The van der Waals surface area contributed by atoms with Crippen molar-refractivity contribution in [1.29, 1.82) is 0 Å². The predicted molar refractivity (Wildman–Crippen MR) is 119 cm³/mol. The van der Waals surface area contributed by atoms with E-state index >= 15 is 0 Å². The Hall–Kier alpha value is -2.78. The lowest BCUT2D eigenvalue weighted by atomic mass is 10.0. The minimum Gasteiger partial charge on any atom is -0.495 e. The first-order valence-corrected chi connectivity index (χ1v) is 11.0. The van der Waals surface area contributed by atoms with E-state index < -0.39 is 11.3 Å². The number of halogens is 2. The van der Waals surface area contributed by atoms with Crippen LogP contribution >= 0.6 is 23.4 Å². The largest absolute Gasteiger partial charge is 0.495 e. The first-order valence-electron chi connectivity index (χ1n) is 9.77. The second kappa shape index (κ2) is 9.15. The molecule has 1 amide bonds. The minimum atomic E-state index is -0.569. The van der Waals surface area contributed by atoms with Gasteiger partial charge in [0.25, 0.3) is 0 Å². The van der Waals surface area contributed by atoms with E-state index in [9.17, 15) is 9.18 Å². The van der Waals surface area contributed by atoms with Crippen LogP contribution in [0.5, 0.6) is 5.75 Å². The zero-order chi connectivity index (χ0) is 22.0. The third-order valence-electron chi connectivity index (χ3n) is 4.88. The van der Waals surface area contributed by atoms with Gasteiger partial charge in [0.15, 0.2) is 5.82 Å². The predicted octanol–water partition coefficient (Wildman–Crippen LogP) is 4.43. The highest BCUT2D eigenvalue weighted by Gasteiger charge is 2.38. The Morgan fingerprint density at radius 2 is 2.06 bits per heavy atom. The summed E-state index contributed by atoms with van der Waals surface area (Å²) in [5.41, 5.74) is 4.72. The van der Waals surface area contributed by atoms with Gasteiger partial charge in [-0.25, -0.2) is 9.07 Å². The quantitative estimate of drug-likeness (QED) is 0.565. The second-order valence-electron chi connectivity index (χ2n) is 7.02. The first kappa shape index (κ1) is 21.5. The van der Waals surface area contributed by atoms with E-state index in [1.807, 2.05) is 10.7 Å². The highest BCUT2D eigenvalue weighted by molar-refractivity contribution is 8.00. The van der Waals surface area contributed by atoms with Crippen molar-refractivity contribution in [2.45, 2.75) is 36.2 Å². The van der Waals surface area contributed by atoms with E-state index in [0.717, 1.165) is 24.2 Å². The number of benzene rings is 2. The fourth-order valence-electron chi connectivity index (χ4n) is 3.36. The van der Waals surface area contributed by atoms with Gasteiger partial charge >= 0.3 is 0 Å². The van der Waals surface area contributed by atoms with Gasteiger partial charge in [0.2, 0.25) is 11.1 Å². The van der Waals surface area contributed by atoms with Crippen LogP contribution < -0.4 is 15.5 Å². The van der Waals surface area contributed by atoms with E-state index in [4.69, 9.17) is 16.3 Å². The molecule has 2 heterocycles. The molecule has 0 fully saturated rings. The van der Waals surface area contributed by atoms with Gasteiger partial charge in [0.1, 0.15) is 16.8 Å². The number of nitrogens with zero attached hydrogens (tertiary/aromatic N) is 3. The van der Waals surface area contributed by atoms with Crippen molar-refractivity contribution in [1.82, 2.24) is 14.9 Å². The molecule has 4 rings (SSSR count). The van der Waals surface area contributed by atoms with Crippen LogP contribution in [0.3, 0.4) is 0 Å². The van der Waals surface area contributed by atoms with Gasteiger partial charge in [-0.1, -0.05) is 36.4 Å². The van der Waals surface area contributed by atoms with Gasteiger partial charge in [0, 0.05) is 12.1 Å². The number of nitrogens with one attached hydrogen (secondary N) is 2. The van der Waals surface area contributed by atoms with Crippen molar-refractivity contribution in [3.63, 3.8) is 0 Å². The number of fused-ring (bicyclic) bond motifs is 1. The van der Waals surface area contributed by atoms with Crippen molar-refractivity contribution in [2.24, 2.45) is 0 Å². The SMILES string of the molecule is CCCc1nnc2n1N[C@H](c1ccc(OC)c(Cl)c1)[C@@H](C(=O)Nc1ccc(F)cc1)S2. The molecule has 0 saturated carbocycles. The number of anilines is 1. The van der Waals surface area contributed by atoms with Gasteiger partial charge in [-0.2, -0.15) is 0 Å². The van der Waals surface area contributed by atoms with Crippen LogP contribution in [0, 0.1) is 5.82 Å². The number of carbonyl (C=O) groups is 1. The topological polar surface area (TPSA) is 81.1 Å². The van der Waals surface area contributed by atoms with Gasteiger partial charge < -0.3 is 15.5 Å². The maximum Gasteiger partial charge on any atom is 0.240 e. The lowest BCUT2D eigenvalue weighted by molar-refractivity contribution is -0.116. The number of thioether (sulfide) groups is 1. The Morgan fingerprint density at radius 1 is 1.29 bits per heavy atom. The summed E-state index contributed by atoms with van der Waals surface area (Å²) >= 11 is 7.67. The number of amides is 1. The average Bonchev–Trinajstić information content (AvgIpc) is 3.16. The maximum atomic E-state index is 13.2. The van der Waals surface area contributed by atoms with Crippen molar-refractivity contribution < 1.29 is 13.9 Å². The molecule has 0 bridgehead atoms. The van der Waals surface area contributed by atoms with Crippen LogP contribution in [0.1, 0.15) is 30.8 Å². The highest BCUT2D eigenvalue weighted by atomic mass is 35.5. The Morgan fingerprint density at radius 3 is 2.74 bits per heavy atom. The van der Waals surface area contributed by atoms with E-state index in [1.54, 1.807) is 19.2 Å². The summed E-state index contributed by atoms with van der Waals surface area (Å²) in [7, 11) is 1.55. The molecular formula is C21H21ClFN5O2S. The van der Waals surface area contributed by atoms with Gasteiger partial charge in [0.05, 0.1) is 18.2 Å². The number of methoxy groups -OCH3 is 1. The smallest absolute Gasteiger partial charge is 0.240 e. The fraction of sp³-hybridized carbons (Fsp3) is 0.286. The lowest BCUT2D eigenvalue weighted by Crippen LogP contribution is -2.41. The molecule has 1 aliphatic heterocycles. The van der Waals surface area contributed by atoms with Crippen molar-refractivity contribution in [3.8, 4) is 5.75 Å². The highest BCUT2D eigenvalue weighted by Crippen LogP contribution is 2.39. The summed E-state index contributed by atoms with van der Waals surface area (Å²) in [5.74, 6) is 0.742. The fourth-order valence-corrected chi connectivity index (χ4v) is 4.72. The average molecular weight is 462 g/mol. The second-order valence-corrected chi connectivity index (χ2v) is 8.54. The molecule has 2 N–H and O–H groups in total. The number of aromatic nitrogens is 3. The van der Waals surface area contributed by atoms with Crippen LogP contribution in [0.2, 0.25) is 5.02 Å². The molecule has 0 saturated heterocycles. The van der Waals surface area contributed by atoms with Crippen LogP contribution in [-0.4, -0.2) is 33.1 Å². The molecule has 7 nitrogen and oxygen atoms in total. The monoisotopic (exact) mass is 461 g/mol. The number of hydrogen-bond donors (Lipinski definition) is 2. The molecule has 0 radical (unpaired) electrons. The van der Waals surface area contributed by atoms with Gasteiger partial charge in [-0.3, -0.25) is 4.79 Å². The summed E-state index contributed by atoms with van der Waals surface area (Å²) in [4.78, 5) is 13.2. The number of ether oxygens (including phenoxy) is 1. The van der Waals surface area contributed by atoms with Crippen molar-refractivity contribution >= 4 is 35.0 Å². The number of rotatable bonds is 6. The lowest BCUT2D eigenvalue weighted by Gasteiger charge is -2.33. The van der Waals surface area contributed by atoms with Crippen LogP contribution in [0.4, 0.5) is 10.1 Å². The Bertz CT molecular complexity index is 1090. The van der Waals surface area contributed by atoms with Gasteiger partial charge in [-0.05, 0) is 48.4 Å². The molecule has 10 heteroatoms.